The van der Waals surface area contributed by atoms with Crippen molar-refractivity contribution in [3.05, 3.63) is 32.3 Å². The minimum Gasteiger partial charge on any atom is -0.258 e. The highest BCUT2D eigenvalue weighted by atomic mass is 79.9. The zero-order valence-electron chi connectivity index (χ0n) is 9.57. The van der Waals surface area contributed by atoms with Crippen LogP contribution >= 0.6 is 39.3 Å². The molecular formula is C11H13BrClNO2S. The average Bonchev–Trinajstić information content (AvgIpc) is 2.22. The van der Waals surface area contributed by atoms with Gasteiger partial charge in [0.15, 0.2) is 0 Å². The summed E-state index contributed by atoms with van der Waals surface area (Å²) in [7, 11) is 0. The summed E-state index contributed by atoms with van der Waals surface area (Å²) in [5.41, 5.74) is 0.824. The molecule has 0 amide bonds. The number of rotatable bonds is 5. The largest absolute Gasteiger partial charge is 0.273 e. The van der Waals surface area contributed by atoms with E-state index < -0.39 is 0 Å². The Hall–Kier alpha value is -0.260. The molecule has 1 aromatic rings. The number of hydrogen-bond acceptors (Lipinski definition) is 3. The molecule has 0 saturated heterocycles. The minimum absolute atomic E-state index is 0.145. The van der Waals surface area contributed by atoms with Crippen molar-refractivity contribution in [1.29, 1.82) is 0 Å². The van der Waals surface area contributed by atoms with Gasteiger partial charge >= 0.3 is 0 Å². The first-order valence-corrected chi connectivity index (χ1v) is 7.33. The lowest BCUT2D eigenvalue weighted by Crippen LogP contribution is -1.98. The van der Waals surface area contributed by atoms with Crippen LogP contribution in [0.15, 0.2) is 21.5 Å². The molecule has 1 rings (SSSR count). The topological polar surface area (TPSA) is 43.1 Å². The normalized spacial score (nSPS) is 12.5. The summed E-state index contributed by atoms with van der Waals surface area (Å²) < 4.78 is 0.765. The summed E-state index contributed by atoms with van der Waals surface area (Å²) >= 11 is 10.7. The molecule has 0 radical (unpaired) electrons. The van der Waals surface area contributed by atoms with Crippen LogP contribution in [0.2, 0.25) is 0 Å². The standard InChI is InChI=1S/C11H13BrClNO2S/c1-7-5-11(17-8(2)3-4-13)9(12)6-10(7)14(15)16/h5-6,8H,3-4H2,1-2H3. The van der Waals surface area contributed by atoms with Gasteiger partial charge in [-0.15, -0.1) is 23.4 Å². The maximum absolute atomic E-state index is 10.8. The SMILES string of the molecule is Cc1cc(SC(C)CCCl)c(Br)cc1[N+](=O)[O-]. The molecule has 0 heterocycles. The van der Waals surface area contributed by atoms with Crippen molar-refractivity contribution in [3.8, 4) is 0 Å². The number of alkyl halides is 1. The fourth-order valence-corrected chi connectivity index (χ4v) is 3.51. The van der Waals surface area contributed by atoms with Crippen molar-refractivity contribution < 1.29 is 4.92 Å². The van der Waals surface area contributed by atoms with E-state index in [1.54, 1.807) is 24.8 Å². The third kappa shape index (κ3) is 4.16. The number of benzene rings is 1. The van der Waals surface area contributed by atoms with Crippen LogP contribution in [-0.4, -0.2) is 16.1 Å². The van der Waals surface area contributed by atoms with Crippen molar-refractivity contribution >= 4 is 45.0 Å². The lowest BCUT2D eigenvalue weighted by atomic mass is 10.2. The number of hydrogen-bond donors (Lipinski definition) is 0. The second-order valence-corrected chi connectivity index (χ2v) is 6.44. The zero-order chi connectivity index (χ0) is 13.0. The lowest BCUT2D eigenvalue weighted by Gasteiger charge is -2.11. The van der Waals surface area contributed by atoms with E-state index in [4.69, 9.17) is 11.6 Å². The molecule has 94 valence electrons. The molecule has 3 nitrogen and oxygen atoms in total. The van der Waals surface area contributed by atoms with Gasteiger partial charge in [-0.3, -0.25) is 10.1 Å². The van der Waals surface area contributed by atoms with Crippen LogP contribution in [0, 0.1) is 17.0 Å². The number of nitro groups is 1. The predicted octanol–water partition coefficient (Wildman–Crippen LogP) is 4.78. The number of aryl methyl sites for hydroxylation is 1. The Labute approximate surface area is 118 Å². The highest BCUT2D eigenvalue weighted by Gasteiger charge is 2.15. The third-order valence-corrected chi connectivity index (χ3v) is 4.66. The first-order chi connectivity index (χ1) is 7.95. The fraction of sp³-hybridized carbons (Fsp3) is 0.455. The molecule has 0 bridgehead atoms. The number of nitro benzene ring substituents is 1. The minimum atomic E-state index is -0.364. The Kier molecular flexibility index (Phi) is 5.76. The molecular weight excluding hydrogens is 326 g/mol. The summed E-state index contributed by atoms with van der Waals surface area (Å²) in [6.07, 6.45) is 0.911. The summed E-state index contributed by atoms with van der Waals surface area (Å²) in [5.74, 6) is 0.623. The Morgan fingerprint density at radius 2 is 2.24 bits per heavy atom. The monoisotopic (exact) mass is 337 g/mol. The van der Waals surface area contributed by atoms with E-state index in [1.807, 2.05) is 6.07 Å². The van der Waals surface area contributed by atoms with E-state index in [1.165, 1.54) is 0 Å². The molecule has 17 heavy (non-hydrogen) atoms. The molecule has 1 atom stereocenters. The molecule has 6 heteroatoms. The van der Waals surface area contributed by atoms with E-state index in [9.17, 15) is 10.1 Å². The van der Waals surface area contributed by atoms with Crippen molar-refractivity contribution in [2.24, 2.45) is 0 Å². The summed E-state index contributed by atoms with van der Waals surface area (Å²) in [4.78, 5) is 11.4. The summed E-state index contributed by atoms with van der Waals surface area (Å²) in [6, 6.07) is 3.41. The Morgan fingerprint density at radius 3 is 2.76 bits per heavy atom. The molecule has 0 fully saturated rings. The van der Waals surface area contributed by atoms with E-state index in [0.717, 1.165) is 15.8 Å². The van der Waals surface area contributed by atoms with Crippen LogP contribution in [0.1, 0.15) is 18.9 Å². The van der Waals surface area contributed by atoms with Crippen molar-refractivity contribution in [3.63, 3.8) is 0 Å². The van der Waals surface area contributed by atoms with Crippen molar-refractivity contribution in [1.82, 2.24) is 0 Å². The summed E-state index contributed by atoms with van der Waals surface area (Å²) in [6.45, 7) is 3.84. The molecule has 0 aliphatic heterocycles. The van der Waals surface area contributed by atoms with Gasteiger partial charge in [0.25, 0.3) is 5.69 Å². The van der Waals surface area contributed by atoms with Crippen LogP contribution < -0.4 is 0 Å². The average molecular weight is 339 g/mol. The van der Waals surface area contributed by atoms with E-state index in [-0.39, 0.29) is 10.6 Å². The van der Waals surface area contributed by atoms with Gasteiger partial charge in [0, 0.05) is 32.1 Å². The molecule has 0 N–H and O–H groups in total. The maximum Gasteiger partial charge on any atom is 0.273 e. The highest BCUT2D eigenvalue weighted by Crippen LogP contribution is 2.36. The van der Waals surface area contributed by atoms with Crippen LogP contribution in [0.25, 0.3) is 0 Å². The molecule has 0 saturated carbocycles. The Balaban J connectivity index is 2.95. The highest BCUT2D eigenvalue weighted by molar-refractivity contribution is 9.10. The first kappa shape index (κ1) is 14.8. The number of thioether (sulfide) groups is 1. The predicted molar refractivity (Wildman–Crippen MR) is 76.2 cm³/mol. The second kappa shape index (κ2) is 6.61. The van der Waals surface area contributed by atoms with Crippen LogP contribution in [-0.2, 0) is 0 Å². The number of nitrogens with zero attached hydrogens (tertiary/aromatic N) is 1. The van der Waals surface area contributed by atoms with Gasteiger partial charge in [-0.2, -0.15) is 0 Å². The number of halogens is 2. The first-order valence-electron chi connectivity index (χ1n) is 5.13. The fourth-order valence-electron chi connectivity index (χ4n) is 1.36. The van der Waals surface area contributed by atoms with Crippen LogP contribution in [0.5, 0.6) is 0 Å². The second-order valence-electron chi connectivity index (χ2n) is 3.73. The van der Waals surface area contributed by atoms with Crippen molar-refractivity contribution in [2.45, 2.75) is 30.4 Å². The van der Waals surface area contributed by atoms with Crippen LogP contribution in [0.4, 0.5) is 5.69 Å². The van der Waals surface area contributed by atoms with Crippen molar-refractivity contribution in [2.75, 3.05) is 5.88 Å². The quantitative estimate of drug-likeness (QED) is 0.336. The van der Waals surface area contributed by atoms with Gasteiger partial charge in [-0.25, -0.2) is 0 Å². The Morgan fingerprint density at radius 1 is 1.59 bits per heavy atom. The van der Waals surface area contributed by atoms with Gasteiger partial charge in [0.1, 0.15) is 0 Å². The Bertz CT molecular complexity index is 428. The summed E-state index contributed by atoms with van der Waals surface area (Å²) in [5, 5.41) is 11.2. The lowest BCUT2D eigenvalue weighted by molar-refractivity contribution is -0.385. The van der Waals surface area contributed by atoms with Gasteiger partial charge in [-0.1, -0.05) is 6.92 Å². The molecule has 1 unspecified atom stereocenters. The van der Waals surface area contributed by atoms with Crippen LogP contribution in [0.3, 0.4) is 0 Å². The van der Waals surface area contributed by atoms with E-state index >= 15 is 0 Å². The zero-order valence-corrected chi connectivity index (χ0v) is 12.7. The van der Waals surface area contributed by atoms with Gasteiger partial charge in [0.2, 0.25) is 0 Å². The molecule has 1 aromatic carbocycles. The molecule has 0 aliphatic rings. The smallest absolute Gasteiger partial charge is 0.258 e. The maximum atomic E-state index is 10.8. The van der Waals surface area contributed by atoms with Gasteiger partial charge in [0.05, 0.1) is 4.92 Å². The van der Waals surface area contributed by atoms with Gasteiger partial charge < -0.3 is 0 Å². The molecule has 0 aliphatic carbocycles. The van der Waals surface area contributed by atoms with E-state index in [2.05, 4.69) is 22.9 Å². The molecule has 0 spiro atoms. The van der Waals surface area contributed by atoms with E-state index in [0.29, 0.717) is 16.7 Å². The third-order valence-electron chi connectivity index (χ3n) is 2.29. The molecule has 0 aromatic heterocycles. The van der Waals surface area contributed by atoms with Gasteiger partial charge in [-0.05, 0) is 35.3 Å².